The van der Waals surface area contributed by atoms with Crippen molar-refractivity contribution in [3.05, 3.63) is 112 Å². The summed E-state index contributed by atoms with van der Waals surface area (Å²) < 4.78 is 40.2. The maximum Gasteiger partial charge on any atom is 0.261 e. The molecule has 0 aliphatic heterocycles. The monoisotopic (exact) mass is 598 g/mol. The summed E-state index contributed by atoms with van der Waals surface area (Å²) in [6.45, 7) is 1.91. The zero-order valence-corrected chi connectivity index (χ0v) is 24.4. The number of carbonyl (C=O) groups excluding carboxylic acids is 1. The number of hydrogen-bond acceptors (Lipinski definition) is 5. The van der Waals surface area contributed by atoms with Crippen LogP contribution in [0.2, 0.25) is 10.0 Å². The molecule has 1 N–H and O–H groups in total. The van der Waals surface area contributed by atoms with Crippen LogP contribution in [-0.4, -0.2) is 39.4 Å². The van der Waals surface area contributed by atoms with E-state index in [1.165, 1.54) is 42.5 Å². The number of para-hydroxylation sites is 2. The fourth-order valence-electron chi connectivity index (χ4n) is 4.04. The Labute approximate surface area is 244 Å². The average Bonchev–Trinajstić information content (AvgIpc) is 2.95. The summed E-state index contributed by atoms with van der Waals surface area (Å²) >= 11 is 12.3. The fraction of sp³-hybridized carbons (Fsp3) is 0.167. The van der Waals surface area contributed by atoms with Gasteiger partial charge in [0.1, 0.15) is 17.2 Å². The van der Waals surface area contributed by atoms with Gasteiger partial charge in [-0.15, -0.1) is 0 Å². The molecular formula is C30H28Cl2N2O5S. The summed E-state index contributed by atoms with van der Waals surface area (Å²) in [6.07, 6.45) is 0.538. The van der Waals surface area contributed by atoms with Crippen LogP contribution in [0, 0.1) is 0 Å². The van der Waals surface area contributed by atoms with E-state index in [2.05, 4.69) is 4.72 Å². The minimum Gasteiger partial charge on any atom is -0.496 e. The van der Waals surface area contributed by atoms with E-state index >= 15 is 0 Å². The highest BCUT2D eigenvalue weighted by Crippen LogP contribution is 2.31. The first kappa shape index (κ1) is 29.3. The molecule has 0 unspecified atom stereocenters. The number of nitrogens with one attached hydrogen (secondary N) is 1. The van der Waals surface area contributed by atoms with Gasteiger partial charge in [-0.3, -0.25) is 9.52 Å². The Morgan fingerprint density at radius 1 is 0.925 bits per heavy atom. The van der Waals surface area contributed by atoms with Gasteiger partial charge in [0, 0.05) is 18.1 Å². The van der Waals surface area contributed by atoms with Gasteiger partial charge in [-0.05, 0) is 79.6 Å². The normalized spacial score (nSPS) is 11.9. The number of carbonyl (C=O) groups is 1. The lowest BCUT2D eigenvalue weighted by Crippen LogP contribution is -2.37. The molecule has 1 atom stereocenters. The molecule has 0 heterocycles. The number of halogens is 2. The molecule has 7 nitrogen and oxygen atoms in total. The van der Waals surface area contributed by atoms with Crippen molar-refractivity contribution >= 4 is 44.8 Å². The van der Waals surface area contributed by atoms with Gasteiger partial charge in [0.25, 0.3) is 15.9 Å². The van der Waals surface area contributed by atoms with Gasteiger partial charge < -0.3 is 14.4 Å². The molecule has 0 radical (unpaired) electrons. The lowest BCUT2D eigenvalue weighted by Gasteiger charge is -2.27. The first-order chi connectivity index (χ1) is 19.1. The minimum atomic E-state index is -4.05. The van der Waals surface area contributed by atoms with E-state index in [4.69, 9.17) is 32.7 Å². The van der Waals surface area contributed by atoms with Crippen molar-refractivity contribution in [1.29, 1.82) is 0 Å². The van der Waals surface area contributed by atoms with Crippen molar-refractivity contribution in [2.75, 3.05) is 18.9 Å². The molecule has 0 saturated carbocycles. The number of methoxy groups -OCH3 is 1. The topological polar surface area (TPSA) is 84.9 Å². The third-order valence-electron chi connectivity index (χ3n) is 6.34. The number of ether oxygens (including phenoxy) is 2. The molecule has 0 aliphatic rings. The third-order valence-corrected chi connectivity index (χ3v) is 8.27. The van der Waals surface area contributed by atoms with Crippen LogP contribution < -0.4 is 14.2 Å². The van der Waals surface area contributed by atoms with Gasteiger partial charge in [-0.2, -0.15) is 0 Å². The average molecular weight is 600 g/mol. The Balaban J connectivity index is 1.53. The molecule has 10 heteroatoms. The van der Waals surface area contributed by atoms with Gasteiger partial charge in [0.2, 0.25) is 0 Å². The standard InChI is InChI=1S/C30H28Cl2N2O5S/c1-20(18-21-8-4-6-10-28(21)38-3)34(2)30(35)25-19-22(31)12-17-27(25)33-40(36,37)24-15-13-23(14-16-24)39-29-11-7-5-9-26(29)32/h4-17,19-20,33H,18H2,1-3H3/t20-/m0/s1. The van der Waals surface area contributed by atoms with E-state index in [0.717, 1.165) is 11.3 Å². The number of likely N-dealkylation sites (N-methyl/N-ethyl adjacent to an activating group) is 1. The van der Waals surface area contributed by atoms with Gasteiger partial charge in [0.15, 0.2) is 0 Å². The second kappa shape index (κ2) is 12.6. The van der Waals surface area contributed by atoms with E-state index in [1.807, 2.05) is 31.2 Å². The first-order valence-electron chi connectivity index (χ1n) is 12.3. The van der Waals surface area contributed by atoms with Crippen molar-refractivity contribution in [3.8, 4) is 17.2 Å². The van der Waals surface area contributed by atoms with Crippen LogP contribution >= 0.6 is 23.2 Å². The van der Waals surface area contributed by atoms with Crippen molar-refractivity contribution in [1.82, 2.24) is 4.90 Å². The predicted octanol–water partition coefficient (Wildman–Crippen LogP) is 7.30. The van der Waals surface area contributed by atoms with Crippen LogP contribution in [0.15, 0.2) is 95.9 Å². The van der Waals surface area contributed by atoms with Crippen LogP contribution in [0.25, 0.3) is 0 Å². The number of rotatable bonds is 10. The second-order valence-corrected chi connectivity index (χ2v) is 11.6. The third kappa shape index (κ3) is 6.88. The number of anilines is 1. The van der Waals surface area contributed by atoms with E-state index in [9.17, 15) is 13.2 Å². The lowest BCUT2D eigenvalue weighted by molar-refractivity contribution is 0.0744. The molecule has 208 valence electrons. The molecule has 1 amide bonds. The van der Waals surface area contributed by atoms with Crippen molar-refractivity contribution in [3.63, 3.8) is 0 Å². The molecule has 0 spiro atoms. The highest BCUT2D eigenvalue weighted by molar-refractivity contribution is 7.92. The summed E-state index contributed by atoms with van der Waals surface area (Å²) in [5, 5.41) is 0.737. The Bertz CT molecular complexity index is 1610. The van der Waals surface area contributed by atoms with Crippen LogP contribution in [0.5, 0.6) is 17.2 Å². The number of benzene rings is 4. The summed E-state index contributed by atoms with van der Waals surface area (Å²) in [4.78, 5) is 15.1. The van der Waals surface area contributed by atoms with Gasteiger partial charge >= 0.3 is 0 Å². The zero-order chi connectivity index (χ0) is 28.9. The molecule has 0 aromatic heterocycles. The van der Waals surface area contributed by atoms with Crippen LogP contribution in [0.3, 0.4) is 0 Å². The van der Waals surface area contributed by atoms with Gasteiger partial charge in [-0.25, -0.2) is 8.42 Å². The number of nitrogens with zero attached hydrogens (tertiary/aromatic N) is 1. The van der Waals surface area contributed by atoms with Crippen LogP contribution in [-0.2, 0) is 16.4 Å². The number of hydrogen-bond donors (Lipinski definition) is 1. The molecule has 40 heavy (non-hydrogen) atoms. The Hall–Kier alpha value is -3.72. The summed E-state index contributed by atoms with van der Waals surface area (Å²) in [7, 11) is -0.780. The van der Waals surface area contributed by atoms with Crippen LogP contribution in [0.1, 0.15) is 22.8 Å². The molecule has 0 bridgehead atoms. The summed E-state index contributed by atoms with van der Waals surface area (Å²) in [6, 6.07) is 24.7. The Kier molecular flexibility index (Phi) is 9.25. The predicted molar refractivity (Wildman–Crippen MR) is 158 cm³/mol. The van der Waals surface area contributed by atoms with E-state index in [-0.39, 0.29) is 28.1 Å². The Morgan fingerprint density at radius 2 is 1.57 bits per heavy atom. The largest absolute Gasteiger partial charge is 0.496 e. The Morgan fingerprint density at radius 3 is 2.25 bits per heavy atom. The van der Waals surface area contributed by atoms with Crippen molar-refractivity contribution < 1.29 is 22.7 Å². The summed E-state index contributed by atoms with van der Waals surface area (Å²) in [5.41, 5.74) is 1.19. The maximum atomic E-state index is 13.5. The van der Waals surface area contributed by atoms with Gasteiger partial charge in [-0.1, -0.05) is 53.5 Å². The number of sulfonamides is 1. The highest BCUT2D eigenvalue weighted by atomic mass is 35.5. The lowest BCUT2D eigenvalue weighted by atomic mass is 10.0. The smallest absolute Gasteiger partial charge is 0.261 e. The zero-order valence-electron chi connectivity index (χ0n) is 22.1. The molecule has 0 aliphatic carbocycles. The molecule has 0 fully saturated rings. The van der Waals surface area contributed by atoms with E-state index in [1.54, 1.807) is 43.3 Å². The molecule has 0 saturated heterocycles. The van der Waals surface area contributed by atoms with E-state index in [0.29, 0.717) is 28.0 Å². The quantitative estimate of drug-likeness (QED) is 0.207. The maximum absolute atomic E-state index is 13.5. The van der Waals surface area contributed by atoms with Crippen molar-refractivity contribution in [2.45, 2.75) is 24.3 Å². The first-order valence-corrected chi connectivity index (χ1v) is 14.6. The minimum absolute atomic E-state index is 0.00903. The molecular weight excluding hydrogens is 571 g/mol. The van der Waals surface area contributed by atoms with Gasteiger partial charge in [0.05, 0.1) is 28.3 Å². The summed E-state index contributed by atoms with van der Waals surface area (Å²) in [5.74, 6) is 1.21. The molecule has 4 rings (SSSR count). The number of amides is 1. The van der Waals surface area contributed by atoms with Crippen LogP contribution in [0.4, 0.5) is 5.69 Å². The van der Waals surface area contributed by atoms with Crippen molar-refractivity contribution in [2.24, 2.45) is 0 Å². The molecule has 4 aromatic rings. The second-order valence-electron chi connectivity index (χ2n) is 9.08. The molecule has 4 aromatic carbocycles. The fourth-order valence-corrected chi connectivity index (χ4v) is 5.47. The highest BCUT2D eigenvalue weighted by Gasteiger charge is 2.24. The van der Waals surface area contributed by atoms with E-state index < -0.39 is 10.0 Å². The SMILES string of the molecule is COc1ccccc1C[C@H](C)N(C)C(=O)c1cc(Cl)ccc1NS(=O)(=O)c1ccc(Oc2ccccc2Cl)cc1.